The van der Waals surface area contributed by atoms with E-state index in [1.807, 2.05) is 6.07 Å². The van der Waals surface area contributed by atoms with Crippen LogP contribution in [0.2, 0.25) is 0 Å². The Kier molecular flexibility index (Phi) is 3.00. The molecular weight excluding hydrogens is 197 g/mol. The highest BCUT2D eigenvalue weighted by atomic mass is 19.1. The summed E-state index contributed by atoms with van der Waals surface area (Å²) in [5, 5.41) is 11.1. The van der Waals surface area contributed by atoms with Gasteiger partial charge in [0.15, 0.2) is 5.82 Å². The van der Waals surface area contributed by atoms with E-state index in [-0.39, 0.29) is 5.56 Å². The molecule has 0 fully saturated rings. The predicted octanol–water partition coefficient (Wildman–Crippen LogP) is 1.25. The summed E-state index contributed by atoms with van der Waals surface area (Å²) in [5.41, 5.74) is -1.14. The zero-order valence-electron chi connectivity index (χ0n) is 8.41. The summed E-state index contributed by atoms with van der Waals surface area (Å²) < 4.78 is 13.1. The minimum atomic E-state index is -1.02. The molecule has 4 nitrogen and oxygen atoms in total. The van der Waals surface area contributed by atoms with Gasteiger partial charge < -0.3 is 5.32 Å². The van der Waals surface area contributed by atoms with Crippen molar-refractivity contribution in [2.75, 3.05) is 0 Å². The van der Waals surface area contributed by atoms with Crippen LogP contribution in [-0.4, -0.2) is 16.4 Å². The maximum Gasteiger partial charge on any atom is 0.255 e. The van der Waals surface area contributed by atoms with E-state index in [1.165, 1.54) is 26.1 Å². The molecule has 0 saturated heterocycles. The van der Waals surface area contributed by atoms with Crippen molar-refractivity contribution < 1.29 is 9.18 Å². The smallest absolute Gasteiger partial charge is 0.255 e. The van der Waals surface area contributed by atoms with Crippen molar-refractivity contribution in [3.05, 3.63) is 29.8 Å². The third-order valence-electron chi connectivity index (χ3n) is 1.72. The van der Waals surface area contributed by atoms with Crippen molar-refractivity contribution in [1.82, 2.24) is 10.3 Å². The van der Waals surface area contributed by atoms with Gasteiger partial charge in [-0.25, -0.2) is 4.39 Å². The van der Waals surface area contributed by atoms with Crippen LogP contribution in [0.1, 0.15) is 24.2 Å². The van der Waals surface area contributed by atoms with E-state index in [9.17, 15) is 9.18 Å². The summed E-state index contributed by atoms with van der Waals surface area (Å²) >= 11 is 0. The Morgan fingerprint density at radius 3 is 2.87 bits per heavy atom. The first-order valence-electron chi connectivity index (χ1n) is 4.29. The summed E-state index contributed by atoms with van der Waals surface area (Å²) in [6.07, 6.45) is 2.27. The van der Waals surface area contributed by atoms with Gasteiger partial charge in [-0.15, -0.1) is 0 Å². The number of hydrogen-bond donors (Lipinski definition) is 1. The second-order valence-electron chi connectivity index (χ2n) is 3.55. The molecule has 1 amide bonds. The van der Waals surface area contributed by atoms with Crippen molar-refractivity contribution in [2.24, 2.45) is 0 Å². The Labute approximate surface area is 86.7 Å². The summed E-state index contributed by atoms with van der Waals surface area (Å²) in [5.74, 6) is -1.33. The number of nitrogens with zero attached hydrogens (tertiary/aromatic N) is 2. The molecule has 0 spiro atoms. The van der Waals surface area contributed by atoms with Crippen LogP contribution in [0.5, 0.6) is 0 Å². The van der Waals surface area contributed by atoms with E-state index in [0.717, 1.165) is 6.20 Å². The molecule has 1 N–H and O–H groups in total. The summed E-state index contributed by atoms with van der Waals surface area (Å²) in [6, 6.07) is 3.15. The quantitative estimate of drug-likeness (QED) is 0.793. The summed E-state index contributed by atoms with van der Waals surface area (Å²) in [7, 11) is 0. The van der Waals surface area contributed by atoms with Crippen LogP contribution in [0.15, 0.2) is 18.5 Å². The van der Waals surface area contributed by atoms with Gasteiger partial charge in [-0.05, 0) is 19.9 Å². The zero-order chi connectivity index (χ0) is 11.5. The highest BCUT2D eigenvalue weighted by Crippen LogP contribution is 2.07. The number of aromatic nitrogens is 1. The van der Waals surface area contributed by atoms with Gasteiger partial charge in [0.1, 0.15) is 5.54 Å². The van der Waals surface area contributed by atoms with Crippen molar-refractivity contribution in [3.8, 4) is 6.07 Å². The van der Waals surface area contributed by atoms with Gasteiger partial charge in [0, 0.05) is 6.20 Å². The fourth-order valence-corrected chi connectivity index (χ4v) is 0.938. The maximum absolute atomic E-state index is 13.1. The zero-order valence-corrected chi connectivity index (χ0v) is 8.41. The average molecular weight is 207 g/mol. The SMILES string of the molecule is CC(C)(C#N)NC(=O)c1ccncc1F. The number of hydrogen-bond acceptors (Lipinski definition) is 3. The molecule has 0 saturated carbocycles. The molecule has 0 unspecified atom stereocenters. The first kappa shape index (κ1) is 11.1. The highest BCUT2D eigenvalue weighted by Gasteiger charge is 2.21. The fraction of sp³-hybridized carbons (Fsp3) is 0.300. The van der Waals surface area contributed by atoms with Crippen LogP contribution < -0.4 is 5.32 Å². The van der Waals surface area contributed by atoms with Gasteiger partial charge >= 0.3 is 0 Å². The van der Waals surface area contributed by atoms with E-state index >= 15 is 0 Å². The number of halogens is 1. The lowest BCUT2D eigenvalue weighted by Crippen LogP contribution is -2.42. The van der Waals surface area contributed by atoms with Crippen molar-refractivity contribution in [3.63, 3.8) is 0 Å². The number of carbonyl (C=O) groups is 1. The average Bonchev–Trinajstić information content (AvgIpc) is 2.17. The number of pyridine rings is 1. The van der Waals surface area contributed by atoms with E-state index in [0.29, 0.717) is 0 Å². The highest BCUT2D eigenvalue weighted by molar-refractivity contribution is 5.94. The first-order valence-corrected chi connectivity index (χ1v) is 4.29. The van der Waals surface area contributed by atoms with Crippen LogP contribution in [0, 0.1) is 17.1 Å². The number of nitriles is 1. The monoisotopic (exact) mass is 207 g/mol. The largest absolute Gasteiger partial charge is 0.334 e. The van der Waals surface area contributed by atoms with E-state index in [2.05, 4.69) is 10.3 Å². The molecule has 0 radical (unpaired) electrons. The van der Waals surface area contributed by atoms with E-state index in [1.54, 1.807) is 0 Å². The minimum Gasteiger partial charge on any atom is -0.334 e. The second kappa shape index (κ2) is 4.05. The molecule has 15 heavy (non-hydrogen) atoms. The van der Waals surface area contributed by atoms with Gasteiger partial charge in [-0.1, -0.05) is 0 Å². The third-order valence-corrected chi connectivity index (χ3v) is 1.72. The van der Waals surface area contributed by atoms with Crippen LogP contribution in [0.4, 0.5) is 4.39 Å². The van der Waals surface area contributed by atoms with Gasteiger partial charge in [0.05, 0.1) is 17.8 Å². The Morgan fingerprint density at radius 2 is 2.33 bits per heavy atom. The molecule has 0 aliphatic carbocycles. The number of amides is 1. The molecule has 0 aromatic carbocycles. The normalized spacial score (nSPS) is 10.5. The lowest BCUT2D eigenvalue weighted by atomic mass is 10.1. The number of rotatable bonds is 2. The Bertz CT molecular complexity index is 423. The van der Waals surface area contributed by atoms with Gasteiger partial charge in [-0.2, -0.15) is 5.26 Å². The van der Waals surface area contributed by atoms with E-state index < -0.39 is 17.3 Å². The summed E-state index contributed by atoms with van der Waals surface area (Å²) in [6.45, 7) is 3.06. The topological polar surface area (TPSA) is 65.8 Å². The van der Waals surface area contributed by atoms with Crippen LogP contribution in [0.3, 0.4) is 0 Å². The third kappa shape index (κ3) is 2.74. The molecule has 1 heterocycles. The molecule has 0 atom stereocenters. The summed E-state index contributed by atoms with van der Waals surface area (Å²) in [4.78, 5) is 15.0. The fourth-order valence-electron chi connectivity index (χ4n) is 0.938. The molecule has 78 valence electrons. The molecule has 0 aliphatic rings. The van der Waals surface area contributed by atoms with Gasteiger partial charge in [0.25, 0.3) is 5.91 Å². The second-order valence-corrected chi connectivity index (χ2v) is 3.55. The molecular formula is C10H10FN3O. The lowest BCUT2D eigenvalue weighted by molar-refractivity contribution is 0.0925. The standard InChI is InChI=1S/C10H10FN3O/c1-10(2,6-12)14-9(15)7-3-4-13-5-8(7)11/h3-5H,1-2H3,(H,14,15). The molecule has 1 aromatic rings. The van der Waals surface area contributed by atoms with E-state index in [4.69, 9.17) is 5.26 Å². The van der Waals surface area contributed by atoms with Crippen molar-refractivity contribution in [1.29, 1.82) is 5.26 Å². The Morgan fingerprint density at radius 1 is 1.67 bits per heavy atom. The molecule has 0 bridgehead atoms. The minimum absolute atomic E-state index is 0.117. The van der Waals surface area contributed by atoms with Crippen molar-refractivity contribution in [2.45, 2.75) is 19.4 Å². The maximum atomic E-state index is 13.1. The molecule has 1 aromatic heterocycles. The Hall–Kier alpha value is -1.96. The van der Waals surface area contributed by atoms with Crippen molar-refractivity contribution >= 4 is 5.91 Å². The molecule has 1 rings (SSSR count). The van der Waals surface area contributed by atoms with Gasteiger partial charge in [-0.3, -0.25) is 9.78 Å². The molecule has 5 heteroatoms. The predicted molar refractivity (Wildman–Crippen MR) is 51.4 cm³/mol. The van der Waals surface area contributed by atoms with Crippen LogP contribution >= 0.6 is 0 Å². The first-order chi connectivity index (χ1) is 6.96. The van der Waals surface area contributed by atoms with Crippen LogP contribution in [-0.2, 0) is 0 Å². The number of nitrogens with one attached hydrogen (secondary N) is 1. The number of carbonyl (C=O) groups excluding carboxylic acids is 1. The Balaban J connectivity index is 2.89. The van der Waals surface area contributed by atoms with Crippen LogP contribution in [0.25, 0.3) is 0 Å². The lowest BCUT2D eigenvalue weighted by Gasteiger charge is -2.17. The van der Waals surface area contributed by atoms with Gasteiger partial charge in [0.2, 0.25) is 0 Å². The molecule has 0 aliphatic heterocycles.